The first kappa shape index (κ1) is 15.9. The lowest BCUT2D eigenvalue weighted by molar-refractivity contribution is -0.153. The van der Waals surface area contributed by atoms with E-state index in [9.17, 15) is 14.7 Å². The van der Waals surface area contributed by atoms with E-state index in [1.807, 2.05) is 20.8 Å². The fourth-order valence-corrected chi connectivity index (χ4v) is 2.35. The summed E-state index contributed by atoms with van der Waals surface area (Å²) in [4.78, 5) is 25.3. The van der Waals surface area contributed by atoms with E-state index in [1.54, 1.807) is 4.90 Å². The van der Waals surface area contributed by atoms with Crippen molar-refractivity contribution >= 4 is 11.9 Å². The Labute approximate surface area is 114 Å². The van der Waals surface area contributed by atoms with Crippen molar-refractivity contribution in [3.63, 3.8) is 0 Å². The van der Waals surface area contributed by atoms with Crippen LogP contribution < -0.4 is 5.32 Å². The first-order chi connectivity index (χ1) is 8.99. The second-order valence-corrected chi connectivity index (χ2v) is 5.15. The van der Waals surface area contributed by atoms with E-state index in [0.717, 1.165) is 6.42 Å². The number of ether oxygens (including phenoxy) is 1. The molecule has 1 saturated heterocycles. The highest BCUT2D eigenvalue weighted by Crippen LogP contribution is 2.18. The minimum atomic E-state index is -0.884. The van der Waals surface area contributed by atoms with Crippen molar-refractivity contribution < 1.29 is 19.4 Å². The molecule has 1 aliphatic heterocycles. The van der Waals surface area contributed by atoms with E-state index >= 15 is 0 Å². The zero-order valence-electron chi connectivity index (χ0n) is 11.9. The number of nitrogens with zero attached hydrogens (tertiary/aromatic N) is 1. The molecular weight excluding hydrogens is 248 g/mol. The van der Waals surface area contributed by atoms with Crippen LogP contribution in [0.2, 0.25) is 0 Å². The summed E-state index contributed by atoms with van der Waals surface area (Å²) in [5.74, 6) is -1.09. The molecular formula is C13H24N2O4. The van der Waals surface area contributed by atoms with Crippen LogP contribution in [-0.4, -0.2) is 60.3 Å². The lowest BCUT2D eigenvalue weighted by Crippen LogP contribution is -2.60. The number of hydrogen-bond donors (Lipinski definition) is 2. The predicted molar refractivity (Wildman–Crippen MR) is 70.9 cm³/mol. The molecule has 1 fully saturated rings. The van der Waals surface area contributed by atoms with Crippen molar-refractivity contribution in [3.05, 3.63) is 0 Å². The van der Waals surface area contributed by atoms with Crippen molar-refractivity contribution in [2.24, 2.45) is 5.92 Å². The van der Waals surface area contributed by atoms with Crippen LogP contribution in [0.15, 0.2) is 0 Å². The maximum atomic E-state index is 12.1. The Morgan fingerprint density at radius 1 is 1.47 bits per heavy atom. The molecule has 0 radical (unpaired) electrons. The maximum absolute atomic E-state index is 12.1. The van der Waals surface area contributed by atoms with Gasteiger partial charge in [-0.25, -0.2) is 0 Å². The molecule has 2 N–H and O–H groups in total. The van der Waals surface area contributed by atoms with Gasteiger partial charge in [-0.05, 0) is 12.3 Å². The molecule has 1 amide bonds. The van der Waals surface area contributed by atoms with Crippen molar-refractivity contribution in [2.45, 2.75) is 39.3 Å². The van der Waals surface area contributed by atoms with Gasteiger partial charge in [-0.2, -0.15) is 0 Å². The summed E-state index contributed by atoms with van der Waals surface area (Å²) in [6.07, 6.45) is 0.853. The zero-order valence-corrected chi connectivity index (χ0v) is 11.9. The number of nitrogens with one attached hydrogen (secondary N) is 1. The van der Waals surface area contributed by atoms with Crippen LogP contribution >= 0.6 is 0 Å². The highest BCUT2D eigenvalue weighted by Gasteiger charge is 2.38. The molecule has 0 aromatic rings. The molecule has 6 heteroatoms. The van der Waals surface area contributed by atoms with Crippen molar-refractivity contribution in [2.75, 3.05) is 26.3 Å². The molecule has 2 unspecified atom stereocenters. The van der Waals surface area contributed by atoms with Gasteiger partial charge in [-0.1, -0.05) is 20.8 Å². The van der Waals surface area contributed by atoms with Crippen molar-refractivity contribution in [3.8, 4) is 0 Å². The van der Waals surface area contributed by atoms with Gasteiger partial charge in [0.05, 0.1) is 13.2 Å². The van der Waals surface area contributed by atoms with Gasteiger partial charge in [0.2, 0.25) is 5.91 Å². The molecule has 1 heterocycles. The smallest absolute Gasteiger partial charge is 0.321 e. The molecule has 0 aromatic carbocycles. The van der Waals surface area contributed by atoms with E-state index < -0.39 is 18.1 Å². The van der Waals surface area contributed by atoms with Crippen molar-refractivity contribution in [1.29, 1.82) is 0 Å². The van der Waals surface area contributed by atoms with E-state index in [0.29, 0.717) is 19.7 Å². The molecule has 0 aromatic heterocycles. The van der Waals surface area contributed by atoms with Crippen LogP contribution in [0.25, 0.3) is 0 Å². The lowest BCUT2D eigenvalue weighted by Gasteiger charge is -2.39. The van der Waals surface area contributed by atoms with E-state index in [4.69, 9.17) is 4.74 Å². The molecule has 1 rings (SSSR count). The molecule has 6 nitrogen and oxygen atoms in total. The van der Waals surface area contributed by atoms with Crippen LogP contribution in [-0.2, 0) is 14.3 Å². The molecule has 19 heavy (non-hydrogen) atoms. The van der Waals surface area contributed by atoms with Gasteiger partial charge in [0, 0.05) is 13.1 Å². The number of carbonyl (C=O) groups excluding carboxylic acids is 1. The standard InChI is InChI=1S/C13H24N2O4/c1-4-5-14-12(16)10-8-19-7-6-15(10)11(9(2)3)13(17)18/h9-11H,4-8H2,1-3H3,(H,14,16)(H,17,18). The minimum Gasteiger partial charge on any atom is -0.480 e. The number of rotatable bonds is 6. The average molecular weight is 272 g/mol. The molecule has 110 valence electrons. The Morgan fingerprint density at radius 3 is 2.68 bits per heavy atom. The maximum Gasteiger partial charge on any atom is 0.321 e. The quantitative estimate of drug-likeness (QED) is 0.728. The second-order valence-electron chi connectivity index (χ2n) is 5.15. The van der Waals surface area contributed by atoms with Gasteiger partial charge >= 0.3 is 5.97 Å². The van der Waals surface area contributed by atoms with Gasteiger partial charge < -0.3 is 15.2 Å². The van der Waals surface area contributed by atoms with Crippen molar-refractivity contribution in [1.82, 2.24) is 10.2 Å². The summed E-state index contributed by atoms with van der Waals surface area (Å²) < 4.78 is 5.33. The monoisotopic (exact) mass is 272 g/mol. The van der Waals surface area contributed by atoms with Crippen LogP contribution in [0.4, 0.5) is 0 Å². The Kier molecular flexibility index (Phi) is 6.24. The largest absolute Gasteiger partial charge is 0.480 e. The number of carbonyl (C=O) groups is 2. The minimum absolute atomic E-state index is 0.0583. The number of carboxylic acids is 1. The SMILES string of the molecule is CCCNC(=O)C1COCCN1C(C(=O)O)C(C)C. The summed E-state index contributed by atoms with van der Waals surface area (Å²) in [6.45, 7) is 7.48. The molecule has 2 atom stereocenters. The molecule has 0 bridgehead atoms. The third-order valence-electron chi connectivity index (χ3n) is 3.26. The number of morpholine rings is 1. The fourth-order valence-electron chi connectivity index (χ4n) is 2.35. The second kappa shape index (κ2) is 7.45. The Hall–Kier alpha value is -1.14. The highest BCUT2D eigenvalue weighted by molar-refractivity contribution is 5.83. The molecule has 0 spiro atoms. The third-order valence-corrected chi connectivity index (χ3v) is 3.26. The molecule has 1 aliphatic rings. The first-order valence-electron chi connectivity index (χ1n) is 6.83. The molecule has 0 saturated carbocycles. The lowest BCUT2D eigenvalue weighted by atomic mass is 9.99. The number of hydrogen-bond acceptors (Lipinski definition) is 4. The van der Waals surface area contributed by atoms with E-state index in [-0.39, 0.29) is 18.4 Å². The number of amides is 1. The number of carboxylic acid groups (broad SMARTS) is 1. The fraction of sp³-hybridized carbons (Fsp3) is 0.846. The van der Waals surface area contributed by atoms with Crippen LogP contribution in [0, 0.1) is 5.92 Å². The Bertz CT molecular complexity index is 320. The zero-order chi connectivity index (χ0) is 14.4. The van der Waals surface area contributed by atoms with Gasteiger partial charge in [0.15, 0.2) is 0 Å². The van der Waals surface area contributed by atoms with Crippen LogP contribution in [0.1, 0.15) is 27.2 Å². The molecule has 0 aliphatic carbocycles. The summed E-state index contributed by atoms with van der Waals surface area (Å²) in [5, 5.41) is 12.2. The number of aliphatic carboxylic acids is 1. The van der Waals surface area contributed by atoms with Gasteiger partial charge in [0.1, 0.15) is 12.1 Å². The third kappa shape index (κ3) is 4.18. The summed E-state index contributed by atoms with van der Waals surface area (Å²) in [5.41, 5.74) is 0. The van der Waals surface area contributed by atoms with Gasteiger partial charge in [-0.3, -0.25) is 14.5 Å². The normalized spacial score (nSPS) is 22.2. The van der Waals surface area contributed by atoms with Gasteiger partial charge in [-0.15, -0.1) is 0 Å². The van der Waals surface area contributed by atoms with Gasteiger partial charge in [0.25, 0.3) is 0 Å². The Balaban J connectivity index is 2.81. The Morgan fingerprint density at radius 2 is 2.16 bits per heavy atom. The first-order valence-corrected chi connectivity index (χ1v) is 6.83. The summed E-state index contributed by atoms with van der Waals surface area (Å²) >= 11 is 0. The van der Waals surface area contributed by atoms with Crippen LogP contribution in [0.3, 0.4) is 0 Å². The van der Waals surface area contributed by atoms with Crippen LogP contribution in [0.5, 0.6) is 0 Å². The summed E-state index contributed by atoms with van der Waals surface area (Å²) in [7, 11) is 0. The average Bonchev–Trinajstić information content (AvgIpc) is 2.35. The van der Waals surface area contributed by atoms with E-state index in [1.165, 1.54) is 0 Å². The highest BCUT2D eigenvalue weighted by atomic mass is 16.5. The topological polar surface area (TPSA) is 78.9 Å². The van der Waals surface area contributed by atoms with E-state index in [2.05, 4.69) is 5.32 Å². The summed E-state index contributed by atoms with van der Waals surface area (Å²) in [6, 6.07) is -1.16. The predicted octanol–water partition coefficient (Wildman–Crippen LogP) is 0.323.